The Morgan fingerprint density at radius 1 is 0.830 bits per heavy atom. The van der Waals surface area contributed by atoms with Crippen LogP contribution in [0.2, 0.25) is 0 Å². The summed E-state index contributed by atoms with van der Waals surface area (Å²) >= 11 is 0. The Labute approximate surface area is 269 Å². The van der Waals surface area contributed by atoms with E-state index in [1.54, 1.807) is 44.9 Å². The van der Waals surface area contributed by atoms with E-state index in [4.69, 9.17) is 10.2 Å². The summed E-state index contributed by atoms with van der Waals surface area (Å²) in [7, 11) is 0. The van der Waals surface area contributed by atoms with Crippen LogP contribution in [0.4, 0.5) is 14.0 Å². The number of carboxylic acid groups (broad SMARTS) is 3. The highest BCUT2D eigenvalue weighted by Gasteiger charge is 2.26. The SMILES string of the molecule is O=C(O)CC[C@H](NC(=O)N[C@@H](CCCCNC(=O)N1CCN(C(=O)c2ccc(-n3cc(CCCF)nn3)cc2)CC1)C(=O)O)C(=O)O. The summed E-state index contributed by atoms with van der Waals surface area (Å²) in [6.07, 6.45) is 2.44. The lowest BCUT2D eigenvalue weighted by molar-refractivity contribution is -0.140. The Kier molecular flexibility index (Phi) is 13.9. The molecule has 0 saturated carbocycles. The molecule has 1 aromatic carbocycles. The summed E-state index contributed by atoms with van der Waals surface area (Å²) in [5.74, 6) is -4.19. The van der Waals surface area contributed by atoms with E-state index in [-0.39, 0.29) is 31.3 Å². The van der Waals surface area contributed by atoms with E-state index in [2.05, 4.69) is 26.3 Å². The number of nitrogens with one attached hydrogen (secondary N) is 3. The number of unbranched alkanes of at least 4 members (excludes halogenated alkanes) is 1. The van der Waals surface area contributed by atoms with Crippen LogP contribution in [0, 0.1) is 0 Å². The normalized spacial score (nSPS) is 14.1. The number of carbonyl (C=O) groups excluding carboxylic acids is 3. The van der Waals surface area contributed by atoms with Crippen LogP contribution in [0.25, 0.3) is 5.69 Å². The number of halogens is 1. The zero-order valence-electron chi connectivity index (χ0n) is 25.6. The Hall–Kier alpha value is -5.29. The van der Waals surface area contributed by atoms with Crippen molar-refractivity contribution >= 4 is 35.9 Å². The van der Waals surface area contributed by atoms with Crippen molar-refractivity contribution in [3.05, 3.63) is 41.7 Å². The number of amides is 5. The number of aryl methyl sites for hydroxylation is 1. The van der Waals surface area contributed by atoms with Crippen LogP contribution in [0.1, 0.15) is 54.6 Å². The first-order chi connectivity index (χ1) is 22.5. The molecule has 2 aromatic rings. The van der Waals surface area contributed by atoms with E-state index in [1.807, 2.05) is 0 Å². The van der Waals surface area contributed by atoms with E-state index in [9.17, 15) is 38.3 Å². The minimum absolute atomic E-state index is 0.00753. The first kappa shape index (κ1) is 36.2. The molecule has 1 aromatic heterocycles. The second-order valence-electron chi connectivity index (χ2n) is 10.8. The van der Waals surface area contributed by atoms with Gasteiger partial charge in [0.05, 0.1) is 24.3 Å². The van der Waals surface area contributed by atoms with Gasteiger partial charge in [0.25, 0.3) is 5.91 Å². The van der Waals surface area contributed by atoms with Gasteiger partial charge in [-0.1, -0.05) is 5.21 Å². The highest BCUT2D eigenvalue weighted by atomic mass is 19.1. The van der Waals surface area contributed by atoms with Crippen molar-refractivity contribution in [2.45, 2.75) is 57.0 Å². The summed E-state index contributed by atoms with van der Waals surface area (Å²) in [6.45, 7) is 1.12. The molecule has 0 aliphatic carbocycles. The molecule has 5 amide bonds. The standard InChI is InChI=1S/C29H39FN8O9/c30-12-3-4-20-18-38(35-34-20)21-8-6-19(7-9-21)25(41)36-14-16-37(17-15-36)29(47)31-13-2-1-5-22(26(42)43)32-28(46)33-23(27(44)45)10-11-24(39)40/h6-9,18,22-23H,1-5,10-17H2,(H,31,47)(H,39,40)(H,42,43)(H,44,45)(H2,32,33,46)/t22-,23-/m0/s1. The van der Waals surface area contributed by atoms with E-state index in [1.165, 1.54) is 0 Å². The quantitative estimate of drug-likeness (QED) is 0.130. The van der Waals surface area contributed by atoms with Crippen molar-refractivity contribution < 1.29 is 48.5 Å². The maximum absolute atomic E-state index is 13.0. The number of hydrogen-bond acceptors (Lipinski definition) is 8. The molecule has 2 heterocycles. The number of benzene rings is 1. The number of aliphatic carboxylic acids is 3. The van der Waals surface area contributed by atoms with Gasteiger partial charge >= 0.3 is 30.0 Å². The van der Waals surface area contributed by atoms with Crippen molar-refractivity contribution in [1.82, 2.24) is 40.7 Å². The molecule has 18 heteroatoms. The predicted octanol–water partition coefficient (Wildman–Crippen LogP) is 0.878. The third kappa shape index (κ3) is 11.5. The van der Waals surface area contributed by atoms with Crippen LogP contribution >= 0.6 is 0 Å². The number of piperazine rings is 1. The maximum Gasteiger partial charge on any atom is 0.326 e. The number of alkyl halides is 1. The van der Waals surface area contributed by atoms with Crippen molar-refractivity contribution in [3.63, 3.8) is 0 Å². The molecular weight excluding hydrogens is 623 g/mol. The molecule has 1 saturated heterocycles. The van der Waals surface area contributed by atoms with Gasteiger partial charge in [0.15, 0.2) is 0 Å². The first-order valence-electron chi connectivity index (χ1n) is 15.1. The minimum atomic E-state index is -1.50. The summed E-state index contributed by atoms with van der Waals surface area (Å²) in [5, 5.41) is 42.3. The topological polar surface area (TPSA) is 236 Å². The third-order valence-corrected chi connectivity index (χ3v) is 7.39. The van der Waals surface area contributed by atoms with Crippen LogP contribution in [-0.4, -0.2) is 127 Å². The summed E-state index contributed by atoms with van der Waals surface area (Å²) in [4.78, 5) is 74.5. The molecule has 1 aliphatic rings. The average molecular weight is 663 g/mol. The Morgan fingerprint density at radius 2 is 1.45 bits per heavy atom. The molecule has 47 heavy (non-hydrogen) atoms. The first-order valence-corrected chi connectivity index (χ1v) is 15.1. The van der Waals surface area contributed by atoms with E-state index >= 15 is 0 Å². The third-order valence-electron chi connectivity index (χ3n) is 7.39. The number of carbonyl (C=O) groups is 6. The second kappa shape index (κ2) is 18.0. The van der Waals surface area contributed by atoms with Crippen molar-refractivity contribution in [2.75, 3.05) is 39.4 Å². The molecule has 0 bridgehead atoms. The van der Waals surface area contributed by atoms with Gasteiger partial charge in [-0.2, -0.15) is 0 Å². The molecule has 1 fully saturated rings. The minimum Gasteiger partial charge on any atom is -0.481 e. The molecule has 0 spiro atoms. The van der Waals surface area contributed by atoms with Crippen molar-refractivity contribution in [1.29, 1.82) is 0 Å². The average Bonchev–Trinajstić information content (AvgIpc) is 3.53. The zero-order chi connectivity index (χ0) is 34.3. The van der Waals surface area contributed by atoms with Crippen LogP contribution in [0.15, 0.2) is 30.5 Å². The van der Waals surface area contributed by atoms with Gasteiger partial charge < -0.3 is 41.1 Å². The Morgan fingerprint density at radius 3 is 2.04 bits per heavy atom. The zero-order valence-corrected chi connectivity index (χ0v) is 25.6. The molecule has 6 N–H and O–H groups in total. The molecular formula is C29H39FN8O9. The largest absolute Gasteiger partial charge is 0.481 e. The highest BCUT2D eigenvalue weighted by molar-refractivity contribution is 5.94. The number of rotatable bonds is 17. The highest BCUT2D eigenvalue weighted by Crippen LogP contribution is 2.14. The van der Waals surface area contributed by atoms with Gasteiger partial charge in [-0.3, -0.25) is 14.0 Å². The second-order valence-corrected chi connectivity index (χ2v) is 10.8. The Balaban J connectivity index is 1.36. The molecule has 2 atom stereocenters. The number of carboxylic acids is 3. The summed E-state index contributed by atoms with van der Waals surface area (Å²) in [5.41, 5.74) is 1.87. The fourth-order valence-corrected chi connectivity index (χ4v) is 4.76. The lowest BCUT2D eigenvalue weighted by atomic mass is 10.1. The number of aromatic nitrogens is 3. The fourth-order valence-electron chi connectivity index (χ4n) is 4.76. The lowest BCUT2D eigenvalue weighted by Gasteiger charge is -2.34. The molecule has 3 rings (SSSR count). The monoisotopic (exact) mass is 662 g/mol. The van der Waals surface area contributed by atoms with E-state index < -0.39 is 49.1 Å². The fraction of sp³-hybridized carbons (Fsp3) is 0.517. The number of hydrogen-bond donors (Lipinski definition) is 6. The summed E-state index contributed by atoms with van der Waals surface area (Å²) < 4.78 is 14.0. The molecule has 1 aliphatic heterocycles. The van der Waals surface area contributed by atoms with Crippen LogP contribution in [0.3, 0.4) is 0 Å². The predicted molar refractivity (Wildman–Crippen MR) is 162 cm³/mol. The van der Waals surface area contributed by atoms with Gasteiger partial charge in [0.1, 0.15) is 12.1 Å². The van der Waals surface area contributed by atoms with Crippen LogP contribution in [-0.2, 0) is 20.8 Å². The van der Waals surface area contributed by atoms with E-state index in [0.717, 1.165) is 0 Å². The summed E-state index contributed by atoms with van der Waals surface area (Å²) in [6, 6.07) is 2.66. The van der Waals surface area contributed by atoms with Gasteiger partial charge in [-0.15, -0.1) is 5.10 Å². The Bertz CT molecular complexity index is 1400. The van der Waals surface area contributed by atoms with Gasteiger partial charge in [-0.05, 0) is 62.8 Å². The number of urea groups is 2. The van der Waals surface area contributed by atoms with Gasteiger partial charge in [0.2, 0.25) is 0 Å². The van der Waals surface area contributed by atoms with Gasteiger partial charge in [-0.25, -0.2) is 23.9 Å². The number of nitrogens with zero attached hydrogens (tertiary/aromatic N) is 5. The molecule has 0 radical (unpaired) electrons. The smallest absolute Gasteiger partial charge is 0.326 e. The van der Waals surface area contributed by atoms with Crippen LogP contribution in [0.5, 0.6) is 0 Å². The van der Waals surface area contributed by atoms with Crippen molar-refractivity contribution in [3.8, 4) is 5.69 Å². The van der Waals surface area contributed by atoms with Crippen LogP contribution < -0.4 is 16.0 Å². The van der Waals surface area contributed by atoms with E-state index in [0.29, 0.717) is 68.8 Å². The molecule has 0 unspecified atom stereocenters. The van der Waals surface area contributed by atoms with Gasteiger partial charge in [0, 0.05) is 44.7 Å². The lowest BCUT2D eigenvalue weighted by Crippen LogP contribution is -2.53. The molecule has 256 valence electrons. The van der Waals surface area contributed by atoms with Crippen molar-refractivity contribution in [2.24, 2.45) is 0 Å². The maximum atomic E-state index is 13.0. The molecule has 17 nitrogen and oxygen atoms in total.